The van der Waals surface area contributed by atoms with Gasteiger partial charge in [-0.25, -0.2) is 0 Å². The van der Waals surface area contributed by atoms with E-state index in [4.69, 9.17) is 16.7 Å². The van der Waals surface area contributed by atoms with Crippen molar-refractivity contribution in [3.63, 3.8) is 0 Å². The molecular formula is C10H10ClNO. The second-order valence-electron chi connectivity index (χ2n) is 3.08. The second kappa shape index (κ2) is 3.05. The van der Waals surface area contributed by atoms with Gasteiger partial charge in [0, 0.05) is 27.7 Å². The van der Waals surface area contributed by atoms with Crippen LogP contribution >= 0.6 is 11.6 Å². The lowest BCUT2D eigenvalue weighted by molar-refractivity contribution is 0.283. The molecular weight excluding hydrogens is 186 g/mol. The number of rotatable bonds is 1. The third-order valence-corrected chi connectivity index (χ3v) is 2.59. The van der Waals surface area contributed by atoms with Crippen molar-refractivity contribution < 1.29 is 5.11 Å². The number of fused-ring (bicyclic) bond motifs is 1. The van der Waals surface area contributed by atoms with Gasteiger partial charge in [0.15, 0.2) is 0 Å². The first kappa shape index (κ1) is 8.60. The largest absolute Gasteiger partial charge is 0.392 e. The van der Waals surface area contributed by atoms with E-state index in [-0.39, 0.29) is 6.61 Å². The zero-order valence-corrected chi connectivity index (χ0v) is 8.02. The summed E-state index contributed by atoms with van der Waals surface area (Å²) in [5.74, 6) is 0. The number of aliphatic hydroxyl groups excluding tert-OH is 1. The highest BCUT2D eigenvalue weighted by Crippen LogP contribution is 2.28. The Balaban J connectivity index is 2.88. The molecule has 1 aromatic heterocycles. The molecule has 0 unspecified atom stereocenters. The topological polar surface area (TPSA) is 36.0 Å². The van der Waals surface area contributed by atoms with Gasteiger partial charge >= 0.3 is 0 Å². The normalized spacial score (nSPS) is 11.0. The molecule has 0 amide bonds. The van der Waals surface area contributed by atoms with E-state index in [1.807, 2.05) is 25.3 Å². The Kier molecular flexibility index (Phi) is 2.02. The number of halogens is 1. The standard InChI is InChI=1S/C10H10ClNO/c1-6-4-9(11)8(5-13)7-2-3-12-10(6)7/h2-4,12-13H,5H2,1H3. The van der Waals surface area contributed by atoms with Gasteiger partial charge < -0.3 is 10.1 Å². The summed E-state index contributed by atoms with van der Waals surface area (Å²) in [7, 11) is 0. The van der Waals surface area contributed by atoms with Crippen LogP contribution in [-0.2, 0) is 6.61 Å². The molecule has 0 aliphatic rings. The molecule has 1 aromatic carbocycles. The summed E-state index contributed by atoms with van der Waals surface area (Å²) in [5, 5.41) is 10.8. The minimum absolute atomic E-state index is 0.0204. The Morgan fingerprint density at radius 3 is 3.00 bits per heavy atom. The first-order valence-corrected chi connectivity index (χ1v) is 4.47. The predicted octanol–water partition coefficient (Wildman–Crippen LogP) is 2.62. The summed E-state index contributed by atoms with van der Waals surface area (Å²) >= 11 is 5.99. The molecule has 2 N–H and O–H groups in total. The van der Waals surface area contributed by atoms with Gasteiger partial charge in [0.1, 0.15) is 0 Å². The Morgan fingerprint density at radius 2 is 2.31 bits per heavy atom. The average Bonchev–Trinajstić information content (AvgIpc) is 2.53. The quantitative estimate of drug-likeness (QED) is 0.721. The monoisotopic (exact) mass is 195 g/mol. The summed E-state index contributed by atoms with van der Waals surface area (Å²) in [4.78, 5) is 3.12. The highest BCUT2D eigenvalue weighted by Gasteiger charge is 2.08. The molecule has 0 aliphatic heterocycles. The summed E-state index contributed by atoms with van der Waals surface area (Å²) in [6.07, 6.45) is 1.85. The fourth-order valence-corrected chi connectivity index (χ4v) is 1.91. The van der Waals surface area contributed by atoms with Crippen LogP contribution in [0.25, 0.3) is 10.9 Å². The highest BCUT2D eigenvalue weighted by atomic mass is 35.5. The SMILES string of the molecule is Cc1cc(Cl)c(CO)c2cc[nH]c12. The summed E-state index contributed by atoms with van der Waals surface area (Å²) in [6, 6.07) is 3.80. The van der Waals surface area contributed by atoms with Gasteiger partial charge in [-0.05, 0) is 24.6 Å². The number of aliphatic hydroxyl groups is 1. The van der Waals surface area contributed by atoms with E-state index in [0.717, 1.165) is 22.0 Å². The zero-order chi connectivity index (χ0) is 9.42. The van der Waals surface area contributed by atoms with Crippen LogP contribution in [0.3, 0.4) is 0 Å². The lowest BCUT2D eigenvalue weighted by atomic mass is 10.1. The molecule has 0 radical (unpaired) electrons. The van der Waals surface area contributed by atoms with Gasteiger partial charge in [0.25, 0.3) is 0 Å². The maximum Gasteiger partial charge on any atom is 0.0703 e. The van der Waals surface area contributed by atoms with Crippen molar-refractivity contribution >= 4 is 22.5 Å². The fraction of sp³-hybridized carbons (Fsp3) is 0.200. The van der Waals surface area contributed by atoms with Crippen LogP contribution in [0.5, 0.6) is 0 Å². The summed E-state index contributed by atoms with van der Waals surface area (Å²) in [6.45, 7) is 1.97. The average molecular weight is 196 g/mol. The van der Waals surface area contributed by atoms with Crippen LogP contribution < -0.4 is 0 Å². The smallest absolute Gasteiger partial charge is 0.0703 e. The van der Waals surface area contributed by atoms with Crippen LogP contribution in [0.1, 0.15) is 11.1 Å². The second-order valence-corrected chi connectivity index (χ2v) is 3.49. The van der Waals surface area contributed by atoms with Gasteiger partial charge in [-0.3, -0.25) is 0 Å². The lowest BCUT2D eigenvalue weighted by Crippen LogP contribution is -1.88. The molecule has 2 rings (SSSR count). The Hall–Kier alpha value is -0.990. The van der Waals surface area contributed by atoms with Crippen molar-refractivity contribution in [3.8, 4) is 0 Å². The van der Waals surface area contributed by atoms with Crippen LogP contribution in [0, 0.1) is 6.92 Å². The minimum Gasteiger partial charge on any atom is -0.392 e. The van der Waals surface area contributed by atoms with Crippen LogP contribution in [-0.4, -0.2) is 10.1 Å². The van der Waals surface area contributed by atoms with E-state index in [1.165, 1.54) is 0 Å². The van der Waals surface area contributed by atoms with Gasteiger partial charge in [-0.1, -0.05) is 11.6 Å². The van der Waals surface area contributed by atoms with Crippen LogP contribution in [0.2, 0.25) is 5.02 Å². The van der Waals surface area contributed by atoms with Crippen molar-refractivity contribution in [2.75, 3.05) is 0 Å². The van der Waals surface area contributed by atoms with Crippen molar-refractivity contribution in [3.05, 3.63) is 34.5 Å². The molecule has 2 nitrogen and oxygen atoms in total. The van der Waals surface area contributed by atoms with E-state index >= 15 is 0 Å². The molecule has 0 atom stereocenters. The summed E-state index contributed by atoms with van der Waals surface area (Å²) < 4.78 is 0. The zero-order valence-electron chi connectivity index (χ0n) is 7.26. The predicted molar refractivity (Wildman–Crippen MR) is 54.0 cm³/mol. The van der Waals surface area contributed by atoms with E-state index in [1.54, 1.807) is 0 Å². The third kappa shape index (κ3) is 1.23. The first-order valence-electron chi connectivity index (χ1n) is 4.10. The molecule has 2 aromatic rings. The number of aromatic nitrogens is 1. The molecule has 3 heteroatoms. The lowest BCUT2D eigenvalue weighted by Gasteiger charge is -2.04. The van der Waals surface area contributed by atoms with Crippen molar-refractivity contribution in [1.82, 2.24) is 4.98 Å². The van der Waals surface area contributed by atoms with E-state index in [0.29, 0.717) is 5.02 Å². The Morgan fingerprint density at radius 1 is 1.54 bits per heavy atom. The van der Waals surface area contributed by atoms with Crippen molar-refractivity contribution in [1.29, 1.82) is 0 Å². The fourth-order valence-electron chi connectivity index (χ4n) is 1.59. The number of H-pyrrole nitrogens is 1. The molecule has 0 aliphatic carbocycles. The van der Waals surface area contributed by atoms with Crippen molar-refractivity contribution in [2.24, 2.45) is 0 Å². The van der Waals surface area contributed by atoms with Crippen LogP contribution in [0.15, 0.2) is 18.3 Å². The summed E-state index contributed by atoms with van der Waals surface area (Å²) in [5.41, 5.74) is 2.94. The number of benzene rings is 1. The number of hydrogen-bond donors (Lipinski definition) is 2. The first-order chi connectivity index (χ1) is 6.24. The number of hydrogen-bond acceptors (Lipinski definition) is 1. The van der Waals surface area contributed by atoms with Gasteiger partial charge in [-0.15, -0.1) is 0 Å². The van der Waals surface area contributed by atoms with Gasteiger partial charge in [0.05, 0.1) is 6.61 Å². The number of aromatic amines is 1. The molecule has 0 saturated heterocycles. The third-order valence-electron chi connectivity index (χ3n) is 2.26. The Labute approximate surface area is 81.1 Å². The van der Waals surface area contributed by atoms with Crippen LogP contribution in [0.4, 0.5) is 0 Å². The maximum atomic E-state index is 9.13. The molecule has 13 heavy (non-hydrogen) atoms. The molecule has 0 bridgehead atoms. The van der Waals surface area contributed by atoms with E-state index in [2.05, 4.69) is 4.98 Å². The van der Waals surface area contributed by atoms with E-state index in [9.17, 15) is 0 Å². The molecule has 0 saturated carbocycles. The number of nitrogens with one attached hydrogen (secondary N) is 1. The minimum atomic E-state index is -0.0204. The van der Waals surface area contributed by atoms with Gasteiger partial charge in [-0.2, -0.15) is 0 Å². The molecule has 68 valence electrons. The molecule has 0 fully saturated rings. The number of aryl methyl sites for hydroxylation is 1. The molecule has 1 heterocycles. The van der Waals surface area contributed by atoms with Gasteiger partial charge in [0.2, 0.25) is 0 Å². The molecule has 0 spiro atoms. The maximum absolute atomic E-state index is 9.13. The van der Waals surface area contributed by atoms with E-state index < -0.39 is 0 Å². The van der Waals surface area contributed by atoms with Crippen molar-refractivity contribution in [2.45, 2.75) is 13.5 Å². The Bertz CT molecular complexity index is 447. The highest BCUT2D eigenvalue weighted by molar-refractivity contribution is 6.32.